The molecule has 0 fully saturated rings. The number of nitrogens with one attached hydrogen (secondary N) is 2. The Kier molecular flexibility index (Phi) is 4.86. The second kappa shape index (κ2) is 7.07. The number of hydrogen-bond acceptors (Lipinski definition) is 5. The van der Waals surface area contributed by atoms with E-state index in [0.717, 1.165) is 16.9 Å². The first kappa shape index (κ1) is 17.2. The smallest absolute Gasteiger partial charge is 0.225 e. The number of anilines is 3. The predicted octanol–water partition coefficient (Wildman–Crippen LogP) is 5.15. The molecular weight excluding hydrogens is 334 g/mol. The summed E-state index contributed by atoms with van der Waals surface area (Å²) in [5.74, 6) is 1.21. The lowest BCUT2D eigenvalue weighted by Gasteiger charge is -2.21. The van der Waals surface area contributed by atoms with Crippen molar-refractivity contribution < 1.29 is 0 Å². The molecule has 0 amide bonds. The Bertz CT molecular complexity index is 859. The van der Waals surface area contributed by atoms with Gasteiger partial charge in [0, 0.05) is 29.6 Å². The van der Waals surface area contributed by atoms with Crippen LogP contribution in [0.2, 0.25) is 5.02 Å². The zero-order valence-corrected chi connectivity index (χ0v) is 15.2. The van der Waals surface area contributed by atoms with Crippen molar-refractivity contribution in [3.63, 3.8) is 0 Å². The SMILES string of the molecule is CC(C)(C)Nc1nc(Nc2ccccc2Cl)cc(-c2cccnc2)n1. The molecule has 0 aliphatic heterocycles. The van der Waals surface area contributed by atoms with Gasteiger partial charge in [0.1, 0.15) is 5.82 Å². The Morgan fingerprint density at radius 1 is 1.00 bits per heavy atom. The normalized spacial score (nSPS) is 11.2. The zero-order chi connectivity index (χ0) is 17.9. The van der Waals surface area contributed by atoms with Gasteiger partial charge < -0.3 is 10.6 Å². The van der Waals surface area contributed by atoms with Crippen molar-refractivity contribution in [3.05, 3.63) is 59.9 Å². The fourth-order valence-corrected chi connectivity index (χ4v) is 2.45. The molecule has 2 N–H and O–H groups in total. The number of pyridine rings is 1. The number of halogens is 1. The fourth-order valence-electron chi connectivity index (χ4n) is 2.27. The highest BCUT2D eigenvalue weighted by Gasteiger charge is 2.14. The maximum absolute atomic E-state index is 6.25. The van der Waals surface area contributed by atoms with Crippen LogP contribution in [0.25, 0.3) is 11.3 Å². The molecule has 128 valence electrons. The molecule has 3 rings (SSSR count). The molecule has 0 aliphatic carbocycles. The summed E-state index contributed by atoms with van der Waals surface area (Å²) in [6.45, 7) is 6.19. The van der Waals surface area contributed by atoms with Crippen LogP contribution in [0.1, 0.15) is 20.8 Å². The zero-order valence-electron chi connectivity index (χ0n) is 14.4. The van der Waals surface area contributed by atoms with Crippen molar-refractivity contribution in [3.8, 4) is 11.3 Å². The van der Waals surface area contributed by atoms with Crippen LogP contribution >= 0.6 is 11.6 Å². The predicted molar refractivity (Wildman–Crippen MR) is 103 cm³/mol. The van der Waals surface area contributed by atoms with Crippen LogP contribution in [0.15, 0.2) is 54.9 Å². The van der Waals surface area contributed by atoms with Crippen LogP contribution in [-0.4, -0.2) is 20.5 Å². The summed E-state index contributed by atoms with van der Waals surface area (Å²) in [5, 5.41) is 7.22. The molecule has 2 heterocycles. The molecule has 25 heavy (non-hydrogen) atoms. The average molecular weight is 354 g/mol. The summed E-state index contributed by atoms with van der Waals surface area (Å²) in [6.07, 6.45) is 3.52. The molecular formula is C19H20ClN5. The highest BCUT2D eigenvalue weighted by atomic mass is 35.5. The second-order valence-corrected chi connectivity index (χ2v) is 7.09. The third-order valence-electron chi connectivity index (χ3n) is 3.31. The standard InChI is InChI=1S/C19H20ClN5/c1-19(2,3)25-18-23-16(13-7-6-10-21-12-13)11-17(24-18)22-15-9-5-4-8-14(15)20/h4-12H,1-3H3,(H2,22,23,24,25). The molecule has 2 aromatic heterocycles. The molecule has 0 radical (unpaired) electrons. The Morgan fingerprint density at radius 3 is 2.48 bits per heavy atom. The molecule has 0 unspecified atom stereocenters. The molecule has 0 spiro atoms. The van der Waals surface area contributed by atoms with E-state index in [0.29, 0.717) is 16.8 Å². The number of nitrogens with zero attached hydrogens (tertiary/aromatic N) is 3. The molecule has 0 aliphatic rings. The fraction of sp³-hybridized carbons (Fsp3) is 0.211. The van der Waals surface area contributed by atoms with Gasteiger partial charge in [-0.15, -0.1) is 0 Å². The van der Waals surface area contributed by atoms with Gasteiger partial charge in [0.25, 0.3) is 0 Å². The first-order chi connectivity index (χ1) is 11.9. The molecule has 0 saturated carbocycles. The number of rotatable bonds is 4. The lowest BCUT2D eigenvalue weighted by Crippen LogP contribution is -2.27. The monoisotopic (exact) mass is 353 g/mol. The van der Waals surface area contributed by atoms with Gasteiger partial charge in [0.15, 0.2) is 0 Å². The van der Waals surface area contributed by atoms with Gasteiger partial charge in [-0.05, 0) is 45.0 Å². The summed E-state index contributed by atoms with van der Waals surface area (Å²) < 4.78 is 0. The first-order valence-corrected chi connectivity index (χ1v) is 8.38. The minimum Gasteiger partial charge on any atom is -0.350 e. The maximum atomic E-state index is 6.25. The Hall–Kier alpha value is -2.66. The van der Waals surface area contributed by atoms with Crippen LogP contribution in [0.5, 0.6) is 0 Å². The molecule has 0 bridgehead atoms. The molecule has 5 nitrogen and oxygen atoms in total. The van der Waals surface area contributed by atoms with Gasteiger partial charge in [-0.1, -0.05) is 23.7 Å². The lowest BCUT2D eigenvalue weighted by molar-refractivity contribution is 0.626. The summed E-state index contributed by atoms with van der Waals surface area (Å²) >= 11 is 6.25. The van der Waals surface area contributed by atoms with Crippen molar-refractivity contribution in [2.45, 2.75) is 26.3 Å². The second-order valence-electron chi connectivity index (χ2n) is 6.68. The first-order valence-electron chi connectivity index (χ1n) is 8.00. The van der Waals surface area contributed by atoms with Crippen molar-refractivity contribution in [1.29, 1.82) is 0 Å². The van der Waals surface area contributed by atoms with Gasteiger partial charge in [0.05, 0.1) is 16.4 Å². The van der Waals surface area contributed by atoms with Crippen LogP contribution in [-0.2, 0) is 0 Å². The van der Waals surface area contributed by atoms with Crippen molar-refractivity contribution in [1.82, 2.24) is 15.0 Å². The largest absolute Gasteiger partial charge is 0.350 e. The maximum Gasteiger partial charge on any atom is 0.225 e. The number of benzene rings is 1. The molecule has 0 atom stereocenters. The van der Waals surface area contributed by atoms with E-state index >= 15 is 0 Å². The summed E-state index contributed by atoms with van der Waals surface area (Å²) in [4.78, 5) is 13.4. The summed E-state index contributed by atoms with van der Waals surface area (Å²) in [6, 6.07) is 13.3. The van der Waals surface area contributed by atoms with Crippen LogP contribution in [0, 0.1) is 0 Å². The van der Waals surface area contributed by atoms with E-state index in [9.17, 15) is 0 Å². The van der Waals surface area contributed by atoms with E-state index < -0.39 is 0 Å². The summed E-state index contributed by atoms with van der Waals surface area (Å²) in [5.41, 5.74) is 2.34. The molecule has 3 aromatic rings. The van der Waals surface area contributed by atoms with E-state index in [1.54, 1.807) is 12.4 Å². The van der Waals surface area contributed by atoms with Crippen LogP contribution in [0.4, 0.5) is 17.5 Å². The van der Waals surface area contributed by atoms with E-state index in [2.05, 4.69) is 46.4 Å². The molecule has 1 aromatic carbocycles. The van der Waals surface area contributed by atoms with Crippen molar-refractivity contribution in [2.24, 2.45) is 0 Å². The lowest BCUT2D eigenvalue weighted by atomic mass is 10.1. The van der Waals surface area contributed by atoms with Crippen LogP contribution < -0.4 is 10.6 Å². The van der Waals surface area contributed by atoms with E-state index in [1.807, 2.05) is 42.5 Å². The van der Waals surface area contributed by atoms with E-state index in [1.165, 1.54) is 0 Å². The topological polar surface area (TPSA) is 62.7 Å². The quantitative estimate of drug-likeness (QED) is 0.679. The Labute approximate surface area is 152 Å². The minimum atomic E-state index is -0.158. The molecule has 6 heteroatoms. The Morgan fingerprint density at radius 2 is 1.80 bits per heavy atom. The Balaban J connectivity index is 2.02. The van der Waals surface area contributed by atoms with Crippen molar-refractivity contribution >= 4 is 29.1 Å². The van der Waals surface area contributed by atoms with Gasteiger partial charge in [-0.3, -0.25) is 4.98 Å². The molecule has 0 saturated heterocycles. The van der Waals surface area contributed by atoms with Gasteiger partial charge in [-0.2, -0.15) is 4.98 Å². The third-order valence-corrected chi connectivity index (χ3v) is 3.64. The average Bonchev–Trinajstić information content (AvgIpc) is 2.56. The van der Waals surface area contributed by atoms with E-state index in [4.69, 9.17) is 11.6 Å². The minimum absolute atomic E-state index is 0.158. The van der Waals surface area contributed by atoms with Gasteiger partial charge in [0.2, 0.25) is 5.95 Å². The summed E-state index contributed by atoms with van der Waals surface area (Å²) in [7, 11) is 0. The van der Waals surface area contributed by atoms with Crippen LogP contribution in [0.3, 0.4) is 0 Å². The number of para-hydroxylation sites is 1. The number of hydrogen-bond donors (Lipinski definition) is 2. The highest BCUT2D eigenvalue weighted by Crippen LogP contribution is 2.27. The third kappa shape index (κ3) is 4.67. The van der Waals surface area contributed by atoms with Gasteiger partial charge in [-0.25, -0.2) is 4.98 Å². The highest BCUT2D eigenvalue weighted by molar-refractivity contribution is 6.33. The van der Waals surface area contributed by atoms with Crippen molar-refractivity contribution in [2.75, 3.05) is 10.6 Å². The van der Waals surface area contributed by atoms with E-state index in [-0.39, 0.29) is 5.54 Å². The number of aromatic nitrogens is 3. The van der Waals surface area contributed by atoms with Gasteiger partial charge >= 0.3 is 0 Å².